The zero-order valence-electron chi connectivity index (χ0n) is 7.32. The van der Waals surface area contributed by atoms with E-state index in [0.717, 1.165) is 17.8 Å². The van der Waals surface area contributed by atoms with Gasteiger partial charge in [0.1, 0.15) is 11.4 Å². The highest BCUT2D eigenvalue weighted by Crippen LogP contribution is 2.07. The van der Waals surface area contributed by atoms with Crippen molar-refractivity contribution in [3.8, 4) is 0 Å². The molecule has 0 spiro atoms. The summed E-state index contributed by atoms with van der Waals surface area (Å²) < 4.78 is 4.59. The third kappa shape index (κ3) is 2.05. The quantitative estimate of drug-likeness (QED) is 0.689. The average Bonchev–Trinajstić information content (AvgIpc) is 2.50. The van der Waals surface area contributed by atoms with Gasteiger partial charge in [-0.05, 0) is 35.8 Å². The van der Waals surface area contributed by atoms with Gasteiger partial charge in [-0.25, -0.2) is 4.63 Å². The molecule has 0 amide bonds. The predicted octanol–water partition coefficient (Wildman–Crippen LogP) is 2.53. The summed E-state index contributed by atoms with van der Waals surface area (Å²) in [5, 5.41) is 7.48. The smallest absolute Gasteiger partial charge is 0.134 e. The molecule has 0 bridgehead atoms. The second-order valence-electron chi connectivity index (χ2n) is 2.35. The normalized spacial score (nSPS) is 11.8. The van der Waals surface area contributed by atoms with Crippen LogP contribution in [0.2, 0.25) is 0 Å². The lowest BCUT2D eigenvalue weighted by Gasteiger charge is -1.82. The lowest BCUT2D eigenvalue weighted by Crippen LogP contribution is -1.76. The zero-order valence-corrected chi connectivity index (χ0v) is 7.32. The molecule has 1 rings (SSSR count). The molecule has 1 aromatic rings. The van der Waals surface area contributed by atoms with Crippen LogP contribution in [0, 0.1) is 0 Å². The highest BCUT2D eigenvalue weighted by molar-refractivity contribution is 5.57. The van der Waals surface area contributed by atoms with Crippen LogP contribution in [0.5, 0.6) is 0 Å². The summed E-state index contributed by atoms with van der Waals surface area (Å²) in [5.74, 6) is 0. The highest BCUT2D eigenvalue weighted by atomic mass is 16.6. The second-order valence-corrected chi connectivity index (χ2v) is 2.35. The number of hydrogen-bond donors (Lipinski definition) is 0. The van der Waals surface area contributed by atoms with Crippen LogP contribution in [0.1, 0.15) is 31.7 Å². The lowest BCUT2D eigenvalue weighted by atomic mass is 10.2. The molecule has 0 N–H and O–H groups in total. The molecular formula is C9H12N2O. The first-order valence-corrected chi connectivity index (χ1v) is 4.00. The fourth-order valence-electron chi connectivity index (χ4n) is 0.821. The van der Waals surface area contributed by atoms with Crippen molar-refractivity contribution < 1.29 is 4.63 Å². The van der Waals surface area contributed by atoms with Gasteiger partial charge in [-0.2, -0.15) is 0 Å². The summed E-state index contributed by atoms with van der Waals surface area (Å²) in [6, 6.07) is 0. The van der Waals surface area contributed by atoms with E-state index in [1.165, 1.54) is 0 Å². The van der Waals surface area contributed by atoms with Crippen molar-refractivity contribution in [2.24, 2.45) is 0 Å². The fourth-order valence-corrected chi connectivity index (χ4v) is 0.821. The van der Waals surface area contributed by atoms with Crippen molar-refractivity contribution in [2.45, 2.75) is 20.3 Å². The Morgan fingerprint density at radius 3 is 2.50 bits per heavy atom. The predicted molar refractivity (Wildman–Crippen MR) is 48.3 cm³/mol. The van der Waals surface area contributed by atoms with Crippen LogP contribution in [0.25, 0.3) is 12.2 Å². The molecule has 1 heterocycles. The van der Waals surface area contributed by atoms with Crippen LogP contribution in [0.15, 0.2) is 16.8 Å². The number of rotatable bonds is 3. The van der Waals surface area contributed by atoms with Gasteiger partial charge in [0.2, 0.25) is 0 Å². The molecule has 0 unspecified atom stereocenters. The molecule has 0 atom stereocenters. The maximum absolute atomic E-state index is 4.59. The first kappa shape index (κ1) is 8.71. The summed E-state index contributed by atoms with van der Waals surface area (Å²) in [7, 11) is 0. The Kier molecular flexibility index (Phi) is 3.26. The second kappa shape index (κ2) is 4.49. The van der Waals surface area contributed by atoms with Crippen LogP contribution in [-0.2, 0) is 0 Å². The van der Waals surface area contributed by atoms with E-state index in [2.05, 4.69) is 21.9 Å². The van der Waals surface area contributed by atoms with E-state index in [1.807, 2.05) is 31.2 Å². The van der Waals surface area contributed by atoms with Crippen LogP contribution in [0.3, 0.4) is 0 Å². The van der Waals surface area contributed by atoms with E-state index in [-0.39, 0.29) is 0 Å². The molecular weight excluding hydrogens is 152 g/mol. The summed E-state index contributed by atoms with van der Waals surface area (Å²) in [6.45, 7) is 4.00. The van der Waals surface area contributed by atoms with E-state index >= 15 is 0 Å². The van der Waals surface area contributed by atoms with Crippen molar-refractivity contribution in [3.05, 3.63) is 23.5 Å². The average molecular weight is 164 g/mol. The van der Waals surface area contributed by atoms with Crippen LogP contribution in [-0.4, -0.2) is 10.3 Å². The maximum Gasteiger partial charge on any atom is 0.134 e. The van der Waals surface area contributed by atoms with Gasteiger partial charge in [-0.1, -0.05) is 19.1 Å². The van der Waals surface area contributed by atoms with Crippen molar-refractivity contribution in [3.63, 3.8) is 0 Å². The molecule has 0 aromatic carbocycles. The third-order valence-corrected chi connectivity index (χ3v) is 1.38. The van der Waals surface area contributed by atoms with Crippen LogP contribution in [0.4, 0.5) is 0 Å². The molecule has 12 heavy (non-hydrogen) atoms. The van der Waals surface area contributed by atoms with E-state index in [0.29, 0.717) is 0 Å². The SMILES string of the molecule is C/C=C\c1nonc1/C=C\CC. The van der Waals surface area contributed by atoms with E-state index in [9.17, 15) is 0 Å². The molecule has 0 radical (unpaired) electrons. The van der Waals surface area contributed by atoms with Crippen LogP contribution >= 0.6 is 0 Å². The maximum atomic E-state index is 4.59. The topological polar surface area (TPSA) is 38.9 Å². The molecule has 0 aliphatic rings. The molecule has 0 saturated heterocycles. The Morgan fingerprint density at radius 2 is 1.92 bits per heavy atom. The van der Waals surface area contributed by atoms with Gasteiger partial charge in [0.05, 0.1) is 0 Å². The van der Waals surface area contributed by atoms with E-state index in [1.54, 1.807) is 0 Å². The first-order chi connectivity index (χ1) is 5.88. The minimum atomic E-state index is 0.780. The van der Waals surface area contributed by atoms with Gasteiger partial charge in [-0.3, -0.25) is 0 Å². The van der Waals surface area contributed by atoms with Crippen molar-refractivity contribution >= 4 is 12.2 Å². The number of allylic oxidation sites excluding steroid dienone is 2. The monoisotopic (exact) mass is 164 g/mol. The Bertz CT molecular complexity index is 286. The van der Waals surface area contributed by atoms with Gasteiger partial charge in [-0.15, -0.1) is 0 Å². The van der Waals surface area contributed by atoms with E-state index in [4.69, 9.17) is 0 Å². The van der Waals surface area contributed by atoms with Crippen molar-refractivity contribution in [1.82, 2.24) is 10.3 Å². The molecule has 3 heteroatoms. The summed E-state index contributed by atoms with van der Waals surface area (Å²) in [4.78, 5) is 0. The summed E-state index contributed by atoms with van der Waals surface area (Å²) in [5.41, 5.74) is 1.57. The summed E-state index contributed by atoms with van der Waals surface area (Å²) >= 11 is 0. The molecule has 1 aromatic heterocycles. The minimum absolute atomic E-state index is 0.780. The standard InChI is InChI=1S/C9H12N2O/c1-3-5-7-9-8(6-4-2)10-12-11-9/h4-7H,3H2,1-2H3/b6-4-,7-5-. The largest absolute Gasteiger partial charge is 0.243 e. The Balaban J connectivity index is 2.83. The van der Waals surface area contributed by atoms with Gasteiger partial charge >= 0.3 is 0 Å². The molecule has 0 aliphatic carbocycles. The Labute approximate surface area is 71.7 Å². The summed E-state index contributed by atoms with van der Waals surface area (Å²) in [6.07, 6.45) is 8.69. The van der Waals surface area contributed by atoms with Gasteiger partial charge in [0.25, 0.3) is 0 Å². The van der Waals surface area contributed by atoms with Crippen LogP contribution < -0.4 is 0 Å². The fraction of sp³-hybridized carbons (Fsp3) is 0.333. The molecule has 0 aliphatic heterocycles. The lowest BCUT2D eigenvalue weighted by molar-refractivity contribution is 0.305. The highest BCUT2D eigenvalue weighted by Gasteiger charge is 2.00. The van der Waals surface area contributed by atoms with E-state index < -0.39 is 0 Å². The zero-order chi connectivity index (χ0) is 8.81. The first-order valence-electron chi connectivity index (χ1n) is 4.00. The number of nitrogens with zero attached hydrogens (tertiary/aromatic N) is 2. The molecule has 0 fully saturated rings. The molecule has 3 nitrogen and oxygen atoms in total. The third-order valence-electron chi connectivity index (χ3n) is 1.38. The Hall–Kier alpha value is -1.38. The van der Waals surface area contributed by atoms with Gasteiger partial charge in [0, 0.05) is 0 Å². The number of hydrogen-bond acceptors (Lipinski definition) is 3. The van der Waals surface area contributed by atoms with Gasteiger partial charge in [0.15, 0.2) is 0 Å². The number of aromatic nitrogens is 2. The van der Waals surface area contributed by atoms with Crippen molar-refractivity contribution in [2.75, 3.05) is 0 Å². The molecule has 0 saturated carbocycles. The minimum Gasteiger partial charge on any atom is -0.243 e. The van der Waals surface area contributed by atoms with Crippen molar-refractivity contribution in [1.29, 1.82) is 0 Å². The Morgan fingerprint density at radius 1 is 1.25 bits per heavy atom. The molecule has 64 valence electrons. The van der Waals surface area contributed by atoms with Gasteiger partial charge < -0.3 is 0 Å².